The van der Waals surface area contributed by atoms with Gasteiger partial charge in [0, 0.05) is 19.3 Å². The Kier molecular flexibility index (Phi) is 5.81. The van der Waals surface area contributed by atoms with Gasteiger partial charge in [-0.2, -0.15) is 0 Å². The van der Waals surface area contributed by atoms with Crippen LogP contribution in [-0.4, -0.2) is 15.8 Å². The predicted molar refractivity (Wildman–Crippen MR) is 100 cm³/mol. The van der Waals surface area contributed by atoms with Crippen molar-refractivity contribution in [1.29, 1.82) is 0 Å². The van der Waals surface area contributed by atoms with E-state index < -0.39 is 0 Å². The molecule has 0 fully saturated rings. The average molecular weight is 351 g/mol. The summed E-state index contributed by atoms with van der Waals surface area (Å²) >= 11 is 5.82. The molecule has 0 saturated heterocycles. The molecule has 4 heteroatoms. The Morgan fingerprint density at radius 2 is 1.36 bits per heavy atom. The maximum absolute atomic E-state index is 12.9. The lowest BCUT2D eigenvalue weighted by atomic mass is 10.1. The van der Waals surface area contributed by atoms with Gasteiger partial charge in [0.1, 0.15) is 5.15 Å². The van der Waals surface area contributed by atoms with Gasteiger partial charge < -0.3 is 4.90 Å². The van der Waals surface area contributed by atoms with Gasteiger partial charge in [-0.25, -0.2) is 4.98 Å². The molecule has 126 valence electrons. The van der Waals surface area contributed by atoms with E-state index in [4.69, 9.17) is 11.6 Å². The summed E-state index contributed by atoms with van der Waals surface area (Å²) in [6.45, 7) is 1.16. The fourth-order valence-corrected chi connectivity index (χ4v) is 2.75. The quantitative estimate of drug-likeness (QED) is 0.613. The Labute approximate surface area is 152 Å². The van der Waals surface area contributed by atoms with E-state index in [2.05, 4.69) is 4.98 Å². The van der Waals surface area contributed by atoms with Crippen LogP contribution in [0, 0.1) is 0 Å². The van der Waals surface area contributed by atoms with E-state index >= 15 is 0 Å². The number of rotatable bonds is 6. The van der Waals surface area contributed by atoms with E-state index in [0.717, 1.165) is 16.7 Å². The zero-order valence-electron chi connectivity index (χ0n) is 13.8. The van der Waals surface area contributed by atoms with Crippen molar-refractivity contribution >= 4 is 17.5 Å². The zero-order valence-corrected chi connectivity index (χ0v) is 14.6. The minimum Gasteiger partial charge on any atom is -0.334 e. The molecular formula is C21H19ClN2O. The minimum absolute atomic E-state index is 0.0665. The molecule has 0 bridgehead atoms. The number of aromatic nitrogens is 1. The standard InChI is InChI=1S/C21H19ClN2O/c22-20-12-11-19(14-23-20)13-21(25)24(15-17-7-3-1-4-8-17)16-18-9-5-2-6-10-18/h1-12,14H,13,15-16H2. The fraction of sp³-hybridized carbons (Fsp3) is 0.143. The van der Waals surface area contributed by atoms with Gasteiger partial charge in [-0.3, -0.25) is 4.79 Å². The SMILES string of the molecule is O=C(Cc1ccc(Cl)nc1)N(Cc1ccccc1)Cc1ccccc1. The summed E-state index contributed by atoms with van der Waals surface area (Å²) in [5.74, 6) is 0.0665. The number of halogens is 1. The molecule has 0 saturated carbocycles. The summed E-state index contributed by atoms with van der Waals surface area (Å²) in [5.41, 5.74) is 3.09. The summed E-state index contributed by atoms with van der Waals surface area (Å²) < 4.78 is 0. The lowest BCUT2D eigenvalue weighted by Gasteiger charge is -2.23. The van der Waals surface area contributed by atoms with Crippen LogP contribution < -0.4 is 0 Å². The highest BCUT2D eigenvalue weighted by atomic mass is 35.5. The first kappa shape index (κ1) is 17.2. The third-order valence-corrected chi connectivity index (χ3v) is 4.15. The molecule has 3 rings (SSSR count). The van der Waals surface area contributed by atoms with Crippen LogP contribution >= 0.6 is 11.6 Å². The number of hydrogen-bond acceptors (Lipinski definition) is 2. The molecule has 0 atom stereocenters. The number of carbonyl (C=O) groups excluding carboxylic acids is 1. The first-order valence-electron chi connectivity index (χ1n) is 8.17. The minimum atomic E-state index is 0.0665. The zero-order chi connectivity index (χ0) is 17.5. The molecule has 0 N–H and O–H groups in total. The van der Waals surface area contributed by atoms with Crippen molar-refractivity contribution in [1.82, 2.24) is 9.88 Å². The number of nitrogens with zero attached hydrogens (tertiary/aromatic N) is 2. The summed E-state index contributed by atoms with van der Waals surface area (Å²) in [6.07, 6.45) is 1.97. The van der Waals surface area contributed by atoms with Gasteiger partial charge in [-0.1, -0.05) is 78.3 Å². The van der Waals surface area contributed by atoms with Gasteiger partial charge >= 0.3 is 0 Å². The van der Waals surface area contributed by atoms with Gasteiger partial charge in [0.2, 0.25) is 5.91 Å². The van der Waals surface area contributed by atoms with E-state index in [1.165, 1.54) is 0 Å². The largest absolute Gasteiger partial charge is 0.334 e. The number of carbonyl (C=O) groups is 1. The van der Waals surface area contributed by atoms with Crippen LogP contribution in [-0.2, 0) is 24.3 Å². The molecule has 3 aromatic rings. The average Bonchev–Trinajstić information content (AvgIpc) is 2.65. The summed E-state index contributed by atoms with van der Waals surface area (Å²) in [5, 5.41) is 0.432. The van der Waals surface area contributed by atoms with E-state index in [1.807, 2.05) is 71.6 Å². The number of pyridine rings is 1. The summed E-state index contributed by atoms with van der Waals surface area (Å²) in [4.78, 5) is 18.8. The smallest absolute Gasteiger partial charge is 0.227 e. The lowest BCUT2D eigenvalue weighted by Crippen LogP contribution is -2.31. The Hall–Kier alpha value is -2.65. The molecule has 0 aliphatic carbocycles. The second-order valence-electron chi connectivity index (χ2n) is 5.89. The number of benzene rings is 2. The lowest BCUT2D eigenvalue weighted by molar-refractivity contribution is -0.131. The molecular weight excluding hydrogens is 332 g/mol. The number of hydrogen-bond donors (Lipinski definition) is 0. The van der Waals surface area contributed by atoms with Crippen molar-refractivity contribution in [3.8, 4) is 0 Å². The van der Waals surface area contributed by atoms with E-state index in [9.17, 15) is 4.79 Å². The normalized spacial score (nSPS) is 10.4. The van der Waals surface area contributed by atoms with Crippen LogP contribution in [0.1, 0.15) is 16.7 Å². The first-order valence-corrected chi connectivity index (χ1v) is 8.54. The molecule has 1 amide bonds. The monoisotopic (exact) mass is 350 g/mol. The topological polar surface area (TPSA) is 33.2 Å². The van der Waals surface area contributed by atoms with Crippen LogP contribution in [0.15, 0.2) is 79.0 Å². The van der Waals surface area contributed by atoms with E-state index in [-0.39, 0.29) is 5.91 Å². The van der Waals surface area contributed by atoms with Gasteiger partial charge in [0.05, 0.1) is 6.42 Å². The number of amides is 1. The molecule has 2 aromatic carbocycles. The molecule has 1 heterocycles. The van der Waals surface area contributed by atoms with E-state index in [0.29, 0.717) is 24.7 Å². The van der Waals surface area contributed by atoms with Gasteiger partial charge in [0.15, 0.2) is 0 Å². The van der Waals surface area contributed by atoms with Crippen LogP contribution in [0.3, 0.4) is 0 Å². The van der Waals surface area contributed by atoms with Crippen molar-refractivity contribution in [2.45, 2.75) is 19.5 Å². The first-order chi connectivity index (χ1) is 12.2. The van der Waals surface area contributed by atoms with Gasteiger partial charge in [0.25, 0.3) is 0 Å². The van der Waals surface area contributed by atoms with E-state index in [1.54, 1.807) is 12.3 Å². The fourth-order valence-electron chi connectivity index (χ4n) is 2.64. The predicted octanol–water partition coefficient (Wildman–Crippen LogP) is 4.51. The van der Waals surface area contributed by atoms with Crippen LogP contribution in [0.4, 0.5) is 0 Å². The van der Waals surface area contributed by atoms with Crippen LogP contribution in [0.5, 0.6) is 0 Å². The highest BCUT2D eigenvalue weighted by Crippen LogP contribution is 2.13. The molecule has 3 nitrogen and oxygen atoms in total. The maximum Gasteiger partial charge on any atom is 0.227 e. The molecule has 0 unspecified atom stereocenters. The Morgan fingerprint density at radius 3 is 1.84 bits per heavy atom. The molecule has 0 spiro atoms. The van der Waals surface area contributed by atoms with Crippen molar-refractivity contribution in [2.75, 3.05) is 0 Å². The van der Waals surface area contributed by atoms with Crippen molar-refractivity contribution in [3.63, 3.8) is 0 Å². The third-order valence-electron chi connectivity index (χ3n) is 3.93. The second kappa shape index (κ2) is 8.45. The summed E-state index contributed by atoms with van der Waals surface area (Å²) in [7, 11) is 0. The molecule has 1 aromatic heterocycles. The van der Waals surface area contributed by atoms with Gasteiger partial charge in [-0.15, -0.1) is 0 Å². The van der Waals surface area contributed by atoms with Crippen LogP contribution in [0.25, 0.3) is 0 Å². The van der Waals surface area contributed by atoms with Gasteiger partial charge in [-0.05, 0) is 22.8 Å². The van der Waals surface area contributed by atoms with Crippen molar-refractivity contribution in [2.24, 2.45) is 0 Å². The second-order valence-corrected chi connectivity index (χ2v) is 6.27. The third kappa shape index (κ3) is 5.16. The molecule has 0 radical (unpaired) electrons. The molecule has 0 aliphatic rings. The highest BCUT2D eigenvalue weighted by molar-refractivity contribution is 6.29. The van der Waals surface area contributed by atoms with Crippen molar-refractivity contribution in [3.05, 3.63) is 101 Å². The Bertz CT molecular complexity index is 763. The highest BCUT2D eigenvalue weighted by Gasteiger charge is 2.15. The molecule has 25 heavy (non-hydrogen) atoms. The van der Waals surface area contributed by atoms with Crippen LogP contribution in [0.2, 0.25) is 5.15 Å². The maximum atomic E-state index is 12.9. The Morgan fingerprint density at radius 1 is 0.800 bits per heavy atom. The van der Waals surface area contributed by atoms with Crippen molar-refractivity contribution < 1.29 is 4.79 Å². The molecule has 0 aliphatic heterocycles. The Balaban J connectivity index is 1.76. The summed E-state index contributed by atoms with van der Waals surface area (Å²) in [6, 6.07) is 23.6.